The van der Waals surface area contributed by atoms with E-state index < -0.39 is 24.2 Å². The lowest BCUT2D eigenvalue weighted by Crippen LogP contribution is -2.41. The first-order chi connectivity index (χ1) is 8.64. The number of carbonyl (C=O) groups excluding carboxylic acids is 1. The van der Waals surface area contributed by atoms with E-state index in [2.05, 4.69) is 0 Å². The van der Waals surface area contributed by atoms with Crippen molar-refractivity contribution in [1.29, 1.82) is 0 Å². The molecule has 19 heavy (non-hydrogen) atoms. The van der Waals surface area contributed by atoms with E-state index in [1.165, 1.54) is 0 Å². The molecular formula is C13H19BN2O3. The first-order valence-electron chi connectivity index (χ1n) is 6.19. The average Bonchev–Trinajstić information content (AvgIpc) is 2.47. The highest BCUT2D eigenvalue weighted by molar-refractivity contribution is 6.63. The van der Waals surface area contributed by atoms with Crippen molar-refractivity contribution in [3.63, 3.8) is 0 Å². The number of amides is 1. The van der Waals surface area contributed by atoms with Crippen LogP contribution in [0.1, 0.15) is 38.1 Å². The molecule has 0 radical (unpaired) electrons. The van der Waals surface area contributed by atoms with Crippen LogP contribution >= 0.6 is 0 Å². The van der Waals surface area contributed by atoms with Crippen molar-refractivity contribution in [3.8, 4) is 0 Å². The summed E-state index contributed by atoms with van der Waals surface area (Å²) >= 11 is 0. The van der Waals surface area contributed by atoms with Crippen molar-refractivity contribution in [3.05, 3.63) is 23.8 Å². The molecule has 6 heteroatoms. The van der Waals surface area contributed by atoms with Gasteiger partial charge < -0.3 is 20.8 Å². The van der Waals surface area contributed by atoms with Gasteiger partial charge in [-0.3, -0.25) is 4.79 Å². The molecule has 0 bridgehead atoms. The van der Waals surface area contributed by atoms with Gasteiger partial charge in [0.15, 0.2) is 0 Å². The predicted molar refractivity (Wildman–Crippen MR) is 75.1 cm³/mol. The highest BCUT2D eigenvalue weighted by atomic mass is 16.7. The summed E-state index contributed by atoms with van der Waals surface area (Å²) in [5, 5.41) is 0. The molecule has 0 saturated carbocycles. The van der Waals surface area contributed by atoms with E-state index >= 15 is 0 Å². The van der Waals surface area contributed by atoms with E-state index in [1.54, 1.807) is 18.2 Å². The van der Waals surface area contributed by atoms with Crippen molar-refractivity contribution < 1.29 is 14.1 Å². The van der Waals surface area contributed by atoms with Crippen LogP contribution in [0.4, 0.5) is 5.69 Å². The fourth-order valence-corrected chi connectivity index (χ4v) is 1.96. The fraction of sp³-hybridized carbons (Fsp3) is 0.462. The number of rotatable bonds is 2. The van der Waals surface area contributed by atoms with Crippen molar-refractivity contribution >= 4 is 24.2 Å². The Bertz CT molecular complexity index is 513. The van der Waals surface area contributed by atoms with Gasteiger partial charge in [-0.05, 0) is 45.3 Å². The minimum atomic E-state index is -0.618. The Hall–Kier alpha value is -1.53. The van der Waals surface area contributed by atoms with Gasteiger partial charge >= 0.3 is 7.12 Å². The molecule has 1 aromatic rings. The van der Waals surface area contributed by atoms with Crippen molar-refractivity contribution in [1.82, 2.24) is 0 Å². The van der Waals surface area contributed by atoms with Crippen molar-refractivity contribution in [2.75, 3.05) is 5.73 Å². The summed E-state index contributed by atoms with van der Waals surface area (Å²) in [4.78, 5) is 11.5. The molecule has 0 aromatic heterocycles. The van der Waals surface area contributed by atoms with Crippen LogP contribution in [0.25, 0.3) is 0 Å². The average molecular weight is 262 g/mol. The molecule has 1 heterocycles. The van der Waals surface area contributed by atoms with Gasteiger partial charge in [0.1, 0.15) is 0 Å². The van der Waals surface area contributed by atoms with Crippen LogP contribution in [0.15, 0.2) is 18.2 Å². The Morgan fingerprint density at radius 3 is 2.16 bits per heavy atom. The second-order valence-corrected chi connectivity index (χ2v) is 5.80. The van der Waals surface area contributed by atoms with Gasteiger partial charge in [0.25, 0.3) is 0 Å². The molecule has 0 unspecified atom stereocenters. The summed E-state index contributed by atoms with van der Waals surface area (Å²) in [5.41, 5.74) is 11.6. The molecule has 0 spiro atoms. The fourth-order valence-electron chi connectivity index (χ4n) is 1.96. The maximum Gasteiger partial charge on any atom is 0.495 e. The highest BCUT2D eigenvalue weighted by Crippen LogP contribution is 2.36. The zero-order chi connectivity index (χ0) is 14.4. The minimum Gasteiger partial charge on any atom is -0.399 e. The SMILES string of the molecule is CC1(C)OB(c2ccc(N)cc2C(N)=O)OC1(C)C. The molecule has 1 aromatic carbocycles. The quantitative estimate of drug-likeness (QED) is 0.605. The zero-order valence-electron chi connectivity index (χ0n) is 11.7. The van der Waals surface area contributed by atoms with Crippen molar-refractivity contribution in [2.24, 2.45) is 5.73 Å². The number of nitrogens with two attached hydrogens (primary N) is 2. The summed E-state index contributed by atoms with van der Waals surface area (Å²) in [7, 11) is -0.618. The third-order valence-corrected chi connectivity index (χ3v) is 3.85. The van der Waals surface area contributed by atoms with Crippen LogP contribution in [0, 0.1) is 0 Å². The molecule has 1 aliphatic rings. The number of hydrogen-bond acceptors (Lipinski definition) is 4. The molecule has 4 N–H and O–H groups in total. The first kappa shape index (κ1) is 13.9. The van der Waals surface area contributed by atoms with Crippen molar-refractivity contribution in [2.45, 2.75) is 38.9 Å². The number of nitrogen functional groups attached to an aromatic ring is 1. The first-order valence-corrected chi connectivity index (χ1v) is 6.19. The number of primary amides is 1. The molecule has 0 atom stereocenters. The standard InChI is InChI=1S/C13H19BN2O3/c1-12(2)13(3,4)19-14(18-12)10-6-5-8(15)7-9(10)11(16)17/h5-7H,15H2,1-4H3,(H2,16,17). The lowest BCUT2D eigenvalue weighted by molar-refractivity contribution is 0.00578. The summed E-state index contributed by atoms with van der Waals surface area (Å²) in [6.45, 7) is 7.81. The molecule has 1 saturated heterocycles. The largest absolute Gasteiger partial charge is 0.495 e. The lowest BCUT2D eigenvalue weighted by Gasteiger charge is -2.32. The van der Waals surface area contributed by atoms with Gasteiger partial charge in [0.05, 0.1) is 11.2 Å². The molecule has 1 amide bonds. The third-order valence-electron chi connectivity index (χ3n) is 3.85. The molecule has 1 aliphatic heterocycles. The summed E-state index contributed by atoms with van der Waals surface area (Å²) in [5.74, 6) is -0.544. The lowest BCUT2D eigenvalue weighted by atomic mass is 9.75. The van der Waals surface area contributed by atoms with E-state index in [4.69, 9.17) is 20.8 Å². The Labute approximate surface area is 113 Å². The van der Waals surface area contributed by atoms with E-state index in [1.807, 2.05) is 27.7 Å². The topological polar surface area (TPSA) is 87.6 Å². The highest BCUT2D eigenvalue weighted by Gasteiger charge is 2.52. The van der Waals surface area contributed by atoms with E-state index in [0.29, 0.717) is 16.7 Å². The normalized spacial score (nSPS) is 20.5. The van der Waals surface area contributed by atoms with Gasteiger partial charge in [0.2, 0.25) is 5.91 Å². The molecule has 5 nitrogen and oxygen atoms in total. The van der Waals surface area contributed by atoms with Gasteiger partial charge in [-0.25, -0.2) is 0 Å². The van der Waals surface area contributed by atoms with Crippen LogP contribution < -0.4 is 16.9 Å². The third kappa shape index (κ3) is 2.33. The maximum absolute atomic E-state index is 11.5. The van der Waals surface area contributed by atoms with E-state index in [9.17, 15) is 4.79 Å². The monoisotopic (exact) mass is 262 g/mol. The van der Waals surface area contributed by atoms with E-state index in [-0.39, 0.29) is 0 Å². The molecule has 2 rings (SSSR count). The molecule has 1 fully saturated rings. The van der Waals surface area contributed by atoms with Gasteiger partial charge in [0, 0.05) is 11.3 Å². The number of benzene rings is 1. The molecular weight excluding hydrogens is 243 g/mol. The number of carbonyl (C=O) groups is 1. The van der Waals surface area contributed by atoms with Gasteiger partial charge in [-0.1, -0.05) is 6.07 Å². The second-order valence-electron chi connectivity index (χ2n) is 5.80. The van der Waals surface area contributed by atoms with Crippen LogP contribution in [-0.4, -0.2) is 24.2 Å². The summed E-state index contributed by atoms with van der Waals surface area (Å²) in [6.07, 6.45) is 0. The smallest absolute Gasteiger partial charge is 0.399 e. The second kappa shape index (κ2) is 4.25. The van der Waals surface area contributed by atoms with Crippen LogP contribution in [0.2, 0.25) is 0 Å². The number of hydrogen-bond donors (Lipinski definition) is 2. The minimum absolute atomic E-state index is 0.332. The summed E-state index contributed by atoms with van der Waals surface area (Å²) in [6, 6.07) is 4.97. The molecule has 102 valence electrons. The predicted octanol–water partition coefficient (Wildman–Crippen LogP) is 0.667. The maximum atomic E-state index is 11.5. The van der Waals surface area contributed by atoms with Crippen LogP contribution in [0.3, 0.4) is 0 Å². The Morgan fingerprint density at radius 2 is 1.68 bits per heavy atom. The zero-order valence-corrected chi connectivity index (χ0v) is 11.7. The Balaban J connectivity index is 2.42. The van der Waals surface area contributed by atoms with Crippen LogP contribution in [0.5, 0.6) is 0 Å². The molecule has 0 aliphatic carbocycles. The Morgan fingerprint density at radius 1 is 1.16 bits per heavy atom. The number of anilines is 1. The van der Waals surface area contributed by atoms with Gasteiger partial charge in [-0.15, -0.1) is 0 Å². The Kier molecular flexibility index (Phi) is 3.11. The summed E-state index contributed by atoms with van der Waals surface area (Å²) < 4.78 is 11.8. The van der Waals surface area contributed by atoms with Crippen LogP contribution in [-0.2, 0) is 9.31 Å². The van der Waals surface area contributed by atoms with Gasteiger partial charge in [-0.2, -0.15) is 0 Å². The van der Waals surface area contributed by atoms with E-state index in [0.717, 1.165) is 0 Å².